The number of benzene rings is 2. The molecule has 0 spiro atoms. The second-order valence-electron chi connectivity index (χ2n) is 6.19. The molecule has 0 radical (unpaired) electrons. The van der Waals surface area contributed by atoms with Crippen LogP contribution in [0.15, 0.2) is 58.3 Å². The number of rotatable bonds is 7. The van der Waals surface area contributed by atoms with Crippen molar-refractivity contribution < 1.29 is 25.9 Å². The highest BCUT2D eigenvalue weighted by Crippen LogP contribution is 2.22. The lowest BCUT2D eigenvalue weighted by atomic mass is 9.98. The summed E-state index contributed by atoms with van der Waals surface area (Å²) in [6, 6.07) is 12.0. The van der Waals surface area contributed by atoms with Gasteiger partial charge < -0.3 is 4.90 Å². The minimum absolute atomic E-state index is 0.171. The molecule has 0 saturated carbocycles. The zero-order valence-electron chi connectivity index (χ0n) is 14.4. The average molecular weight is 399 g/mol. The van der Waals surface area contributed by atoms with Gasteiger partial charge in [0.15, 0.2) is 0 Å². The summed E-state index contributed by atoms with van der Waals surface area (Å²) < 4.78 is 65.1. The van der Waals surface area contributed by atoms with E-state index in [9.17, 15) is 25.9 Å². The van der Waals surface area contributed by atoms with Gasteiger partial charge in [-0.15, -0.1) is 0 Å². The van der Waals surface area contributed by atoms with E-state index in [-0.39, 0.29) is 28.7 Å². The maximum absolute atomic E-state index is 11.6. The van der Waals surface area contributed by atoms with Gasteiger partial charge in [0, 0.05) is 6.04 Å². The van der Waals surface area contributed by atoms with E-state index in [1.807, 2.05) is 4.90 Å². The molecule has 26 heavy (non-hydrogen) atoms. The molecule has 9 heteroatoms. The Balaban J connectivity index is 2.40. The highest BCUT2D eigenvalue weighted by atomic mass is 32.2. The van der Waals surface area contributed by atoms with Gasteiger partial charge in [-0.25, -0.2) is 0 Å². The highest BCUT2D eigenvalue weighted by Gasteiger charge is 2.22. The molecule has 0 amide bonds. The lowest BCUT2D eigenvalue weighted by Gasteiger charge is -2.26. The molecule has 2 aromatic rings. The van der Waals surface area contributed by atoms with Gasteiger partial charge in [-0.05, 0) is 50.2 Å². The van der Waals surface area contributed by atoms with Crippen LogP contribution in [0.2, 0.25) is 0 Å². The summed E-state index contributed by atoms with van der Waals surface area (Å²) in [5.41, 5.74) is 0.857. The van der Waals surface area contributed by atoms with Crippen LogP contribution < -0.4 is 0 Å². The highest BCUT2D eigenvalue weighted by molar-refractivity contribution is 7.86. The molecule has 7 nitrogen and oxygen atoms in total. The number of hydrogen-bond acceptors (Lipinski definition) is 5. The normalized spacial score (nSPS) is 12.7. The van der Waals surface area contributed by atoms with Crippen molar-refractivity contribution in [2.75, 3.05) is 14.1 Å². The molecular weight excluding hydrogens is 378 g/mol. The standard InChI is InChI=1S/C17H21NO6S2/c1-18(2)15(11-13-7-3-5-9-16(13)25(19,20)21)12-14-8-4-6-10-17(14)26(22,23)24/h3-10,15H,11-12H2,1-2H3,(H,19,20,21)(H,22,23,24). The van der Waals surface area contributed by atoms with Crippen LogP contribution in [-0.4, -0.2) is 51.0 Å². The quantitative estimate of drug-likeness (QED) is 0.684. The molecule has 2 aromatic carbocycles. The summed E-state index contributed by atoms with van der Waals surface area (Å²) in [5.74, 6) is 0. The first-order valence-electron chi connectivity index (χ1n) is 7.77. The van der Waals surface area contributed by atoms with Gasteiger partial charge in [0.25, 0.3) is 20.2 Å². The van der Waals surface area contributed by atoms with E-state index >= 15 is 0 Å². The topological polar surface area (TPSA) is 112 Å². The van der Waals surface area contributed by atoms with Crippen molar-refractivity contribution in [2.24, 2.45) is 0 Å². The second-order valence-corrected chi connectivity index (χ2v) is 8.97. The fourth-order valence-corrected chi connectivity index (χ4v) is 4.26. The van der Waals surface area contributed by atoms with Crippen LogP contribution in [0.5, 0.6) is 0 Å². The number of hydrogen-bond donors (Lipinski definition) is 2. The van der Waals surface area contributed by atoms with Gasteiger partial charge in [0.1, 0.15) is 0 Å². The van der Waals surface area contributed by atoms with Crippen molar-refractivity contribution in [2.45, 2.75) is 28.7 Å². The fraction of sp³-hybridized carbons (Fsp3) is 0.294. The summed E-state index contributed by atoms with van der Waals surface area (Å²) in [4.78, 5) is 1.49. The van der Waals surface area contributed by atoms with E-state index < -0.39 is 20.2 Å². The molecule has 0 fully saturated rings. The van der Waals surface area contributed by atoms with Crippen LogP contribution in [0.1, 0.15) is 11.1 Å². The molecule has 0 unspecified atom stereocenters. The monoisotopic (exact) mass is 399 g/mol. The molecular formula is C17H21NO6S2. The van der Waals surface area contributed by atoms with Gasteiger partial charge in [-0.2, -0.15) is 16.8 Å². The molecule has 0 aliphatic rings. The van der Waals surface area contributed by atoms with Crippen molar-refractivity contribution in [3.8, 4) is 0 Å². The molecule has 2 rings (SSSR count). The van der Waals surface area contributed by atoms with Crippen LogP contribution in [0.3, 0.4) is 0 Å². The number of nitrogens with zero attached hydrogens (tertiary/aromatic N) is 1. The van der Waals surface area contributed by atoms with Gasteiger partial charge in [0.2, 0.25) is 0 Å². The van der Waals surface area contributed by atoms with Crippen molar-refractivity contribution >= 4 is 20.2 Å². The SMILES string of the molecule is CN(C)C(Cc1ccccc1S(=O)(=O)O)Cc1ccccc1S(=O)(=O)O. The van der Waals surface area contributed by atoms with Gasteiger partial charge in [-0.1, -0.05) is 36.4 Å². The van der Waals surface area contributed by atoms with E-state index in [2.05, 4.69) is 0 Å². The molecule has 0 aromatic heterocycles. The van der Waals surface area contributed by atoms with Crippen molar-refractivity contribution in [1.82, 2.24) is 4.90 Å². The fourth-order valence-electron chi connectivity index (χ4n) is 2.79. The van der Waals surface area contributed by atoms with Gasteiger partial charge in [0.05, 0.1) is 9.79 Å². The Hall–Kier alpha value is -1.78. The summed E-state index contributed by atoms with van der Waals surface area (Å²) in [5, 5.41) is 0. The molecule has 0 bridgehead atoms. The molecule has 142 valence electrons. The Bertz CT molecular complexity index is 906. The van der Waals surface area contributed by atoms with Crippen molar-refractivity contribution in [1.29, 1.82) is 0 Å². The summed E-state index contributed by atoms with van der Waals surface area (Å²) >= 11 is 0. The maximum atomic E-state index is 11.6. The molecule has 0 aliphatic carbocycles. The zero-order chi connectivity index (χ0) is 19.5. The second kappa shape index (κ2) is 7.85. The van der Waals surface area contributed by atoms with Crippen LogP contribution in [-0.2, 0) is 33.1 Å². The lowest BCUT2D eigenvalue weighted by molar-refractivity contribution is 0.287. The Morgan fingerprint density at radius 3 is 1.42 bits per heavy atom. The average Bonchev–Trinajstić information content (AvgIpc) is 2.53. The van der Waals surface area contributed by atoms with Crippen LogP contribution in [0.4, 0.5) is 0 Å². The lowest BCUT2D eigenvalue weighted by Crippen LogP contribution is -2.33. The van der Waals surface area contributed by atoms with E-state index in [1.165, 1.54) is 24.3 Å². The van der Waals surface area contributed by atoms with Crippen molar-refractivity contribution in [3.05, 3.63) is 59.7 Å². The summed E-state index contributed by atoms with van der Waals surface area (Å²) in [6.45, 7) is 0. The summed E-state index contributed by atoms with van der Waals surface area (Å²) in [7, 11) is -5.15. The van der Waals surface area contributed by atoms with Crippen LogP contribution in [0, 0.1) is 0 Å². The van der Waals surface area contributed by atoms with E-state index in [0.29, 0.717) is 11.1 Å². The smallest absolute Gasteiger partial charge is 0.294 e. The summed E-state index contributed by atoms with van der Waals surface area (Å²) in [6.07, 6.45) is 0.533. The first kappa shape index (κ1) is 20.5. The van der Waals surface area contributed by atoms with E-state index in [4.69, 9.17) is 0 Å². The Morgan fingerprint density at radius 2 is 1.12 bits per heavy atom. The van der Waals surface area contributed by atoms with E-state index in [0.717, 1.165) is 0 Å². The predicted octanol–water partition coefficient (Wildman–Crippen LogP) is 1.90. The Kier molecular flexibility index (Phi) is 6.20. The number of likely N-dealkylation sites (N-methyl/N-ethyl adjacent to an activating group) is 1. The van der Waals surface area contributed by atoms with E-state index in [1.54, 1.807) is 38.4 Å². The molecule has 0 atom stereocenters. The molecule has 0 heterocycles. The third-order valence-corrected chi connectivity index (χ3v) is 6.05. The predicted molar refractivity (Wildman–Crippen MR) is 97.4 cm³/mol. The first-order valence-corrected chi connectivity index (χ1v) is 10.7. The minimum atomic E-state index is -4.36. The maximum Gasteiger partial charge on any atom is 0.294 e. The molecule has 2 N–H and O–H groups in total. The van der Waals surface area contributed by atoms with Crippen LogP contribution >= 0.6 is 0 Å². The third-order valence-electron chi connectivity index (χ3n) is 4.14. The largest absolute Gasteiger partial charge is 0.306 e. The van der Waals surface area contributed by atoms with Gasteiger partial charge >= 0.3 is 0 Å². The zero-order valence-corrected chi connectivity index (χ0v) is 16.0. The minimum Gasteiger partial charge on any atom is -0.306 e. The molecule has 0 aliphatic heterocycles. The van der Waals surface area contributed by atoms with Crippen LogP contribution in [0.25, 0.3) is 0 Å². The Labute approximate surface area is 153 Å². The molecule has 0 saturated heterocycles. The third kappa shape index (κ3) is 5.12. The first-order chi connectivity index (χ1) is 12.0. The Morgan fingerprint density at radius 1 is 0.769 bits per heavy atom. The van der Waals surface area contributed by atoms with Gasteiger partial charge in [-0.3, -0.25) is 9.11 Å². The van der Waals surface area contributed by atoms with Crippen molar-refractivity contribution in [3.63, 3.8) is 0 Å².